The first-order chi connectivity index (χ1) is 13.8. The van der Waals surface area contributed by atoms with Crippen LogP contribution < -0.4 is 5.32 Å². The van der Waals surface area contributed by atoms with Crippen molar-refractivity contribution in [3.05, 3.63) is 53.6 Å². The van der Waals surface area contributed by atoms with Crippen molar-refractivity contribution in [3.63, 3.8) is 0 Å². The van der Waals surface area contributed by atoms with Gasteiger partial charge in [0, 0.05) is 18.5 Å². The maximum Gasteiger partial charge on any atom is 0.252 e. The molecule has 1 amide bonds. The molecule has 150 valence electrons. The van der Waals surface area contributed by atoms with E-state index in [0.29, 0.717) is 29.0 Å². The lowest BCUT2D eigenvalue weighted by atomic mass is 10.2. The fourth-order valence-corrected chi connectivity index (χ4v) is 3.67. The van der Waals surface area contributed by atoms with Crippen LogP contribution in [0.15, 0.2) is 34.3 Å². The first kappa shape index (κ1) is 19.4. The van der Waals surface area contributed by atoms with E-state index >= 15 is 0 Å². The Balaban J connectivity index is 1.81. The predicted octanol–water partition coefficient (Wildman–Crippen LogP) is 4.21. The van der Waals surface area contributed by atoms with Crippen LogP contribution in [0.1, 0.15) is 31.5 Å². The number of nitrogens with zero attached hydrogens (tertiary/aromatic N) is 4. The normalized spacial score (nSPS) is 13.6. The Bertz CT molecular complexity index is 1090. The molecule has 3 aromatic rings. The highest BCUT2D eigenvalue weighted by molar-refractivity contribution is 7.99. The second-order valence-corrected chi connectivity index (χ2v) is 7.41. The van der Waals surface area contributed by atoms with Crippen LogP contribution in [0.5, 0.6) is 0 Å². The number of aromatic nitrogens is 4. The molecule has 2 aromatic heterocycles. The molecule has 0 bridgehead atoms. The topological polar surface area (TPSA) is 72.7 Å². The number of nitrogens with one attached hydrogen (secondary N) is 1. The van der Waals surface area contributed by atoms with Gasteiger partial charge < -0.3 is 5.32 Å². The van der Waals surface area contributed by atoms with Crippen molar-refractivity contribution in [2.24, 2.45) is 0 Å². The summed E-state index contributed by atoms with van der Waals surface area (Å²) in [5.74, 6) is -6.30. The van der Waals surface area contributed by atoms with Crippen molar-refractivity contribution >= 4 is 23.4 Å². The summed E-state index contributed by atoms with van der Waals surface area (Å²) >= 11 is 0.408. The summed E-state index contributed by atoms with van der Waals surface area (Å²) in [4.78, 5) is 13.0. The van der Waals surface area contributed by atoms with Crippen LogP contribution in [0.4, 0.5) is 23.2 Å². The summed E-state index contributed by atoms with van der Waals surface area (Å²) in [6, 6.07) is 6.69. The fraction of sp³-hybridized carbons (Fsp3) is 0.222. The molecule has 1 aliphatic carbocycles. The number of hydrogen-bond acceptors (Lipinski definition) is 5. The minimum absolute atomic E-state index is 0.0228. The Kier molecular flexibility index (Phi) is 4.99. The zero-order chi connectivity index (χ0) is 20.7. The number of hydrogen-bond donors (Lipinski definition) is 1. The van der Waals surface area contributed by atoms with Crippen molar-refractivity contribution < 1.29 is 22.4 Å². The molecule has 0 radical (unpaired) electrons. The molecular weight excluding hydrogens is 410 g/mol. The van der Waals surface area contributed by atoms with Gasteiger partial charge in [-0.2, -0.15) is 13.8 Å². The Morgan fingerprint density at radius 2 is 1.83 bits per heavy atom. The molecule has 0 saturated heterocycles. The third-order valence-corrected chi connectivity index (χ3v) is 5.19. The molecule has 1 fully saturated rings. The smallest absolute Gasteiger partial charge is 0.252 e. The van der Waals surface area contributed by atoms with Gasteiger partial charge in [-0.15, -0.1) is 10.2 Å². The van der Waals surface area contributed by atoms with E-state index in [-0.39, 0.29) is 17.0 Å². The van der Waals surface area contributed by atoms with Crippen molar-refractivity contribution in [2.45, 2.75) is 35.7 Å². The monoisotopic (exact) mass is 423 g/mol. The van der Waals surface area contributed by atoms with Gasteiger partial charge in [0.2, 0.25) is 11.1 Å². The molecule has 0 unspecified atom stereocenters. The molecule has 6 nitrogen and oxygen atoms in total. The van der Waals surface area contributed by atoms with Gasteiger partial charge in [-0.1, -0.05) is 6.07 Å². The highest BCUT2D eigenvalue weighted by Gasteiger charge is 2.32. The van der Waals surface area contributed by atoms with Crippen molar-refractivity contribution in [3.8, 4) is 5.69 Å². The highest BCUT2D eigenvalue weighted by atomic mass is 32.2. The number of benzene rings is 1. The number of carbonyl (C=O) groups excluding carboxylic acids is 1. The number of pyridine rings is 1. The standard InChI is InChI=1S/C18H13F4N5OS/c1-8(28)23-10-3-2-4-11(7-10)27-17(9-5-6-9)25-26-18(27)29-14-12(19)15(21)24-16(22)13(14)20/h2-4,7,9H,5-6H2,1H3,(H,23,28). The van der Waals surface area contributed by atoms with E-state index < -0.39 is 28.4 Å². The molecule has 4 rings (SSSR count). The van der Waals surface area contributed by atoms with Crippen LogP contribution in [-0.4, -0.2) is 25.7 Å². The quantitative estimate of drug-likeness (QED) is 0.492. The zero-order valence-electron chi connectivity index (χ0n) is 14.9. The second kappa shape index (κ2) is 7.47. The van der Waals surface area contributed by atoms with Gasteiger partial charge in [-0.25, -0.2) is 8.78 Å². The van der Waals surface area contributed by atoms with Crippen molar-refractivity contribution in [1.82, 2.24) is 19.7 Å². The Morgan fingerprint density at radius 1 is 1.14 bits per heavy atom. The van der Waals surface area contributed by atoms with Crippen molar-refractivity contribution in [2.75, 3.05) is 5.32 Å². The van der Waals surface area contributed by atoms with E-state index in [1.807, 2.05) is 0 Å². The number of amides is 1. The summed E-state index contributed by atoms with van der Waals surface area (Å²) in [7, 11) is 0. The SMILES string of the molecule is CC(=O)Nc1cccc(-n2c(Sc3c(F)c(F)nc(F)c3F)nnc2C2CC2)c1. The van der Waals surface area contributed by atoms with E-state index in [1.54, 1.807) is 28.8 Å². The third kappa shape index (κ3) is 3.82. The summed E-state index contributed by atoms with van der Waals surface area (Å²) in [6.07, 6.45) is 1.74. The number of rotatable bonds is 5. The molecule has 1 saturated carbocycles. The van der Waals surface area contributed by atoms with Crippen LogP contribution in [0.3, 0.4) is 0 Å². The van der Waals surface area contributed by atoms with Crippen LogP contribution in [-0.2, 0) is 4.79 Å². The summed E-state index contributed by atoms with van der Waals surface area (Å²) in [6.45, 7) is 1.36. The number of anilines is 1. The second-order valence-electron chi connectivity index (χ2n) is 6.43. The van der Waals surface area contributed by atoms with Gasteiger partial charge in [0.1, 0.15) is 5.82 Å². The lowest BCUT2D eigenvalue weighted by molar-refractivity contribution is -0.114. The predicted molar refractivity (Wildman–Crippen MR) is 95.8 cm³/mol. The maximum atomic E-state index is 14.1. The third-order valence-electron chi connectivity index (χ3n) is 4.18. The summed E-state index contributed by atoms with van der Waals surface area (Å²) in [5.41, 5.74) is 1.03. The number of halogens is 4. The van der Waals surface area contributed by atoms with Crippen LogP contribution in [0.2, 0.25) is 0 Å². The largest absolute Gasteiger partial charge is 0.326 e. The highest BCUT2D eigenvalue weighted by Crippen LogP contribution is 2.42. The molecule has 1 N–H and O–H groups in total. The van der Waals surface area contributed by atoms with E-state index in [1.165, 1.54) is 6.92 Å². The Morgan fingerprint density at radius 3 is 2.45 bits per heavy atom. The van der Waals surface area contributed by atoms with Gasteiger partial charge in [0.15, 0.2) is 11.6 Å². The molecule has 29 heavy (non-hydrogen) atoms. The van der Waals surface area contributed by atoms with E-state index in [9.17, 15) is 22.4 Å². The van der Waals surface area contributed by atoms with E-state index in [0.717, 1.165) is 12.8 Å². The molecule has 1 aromatic carbocycles. The van der Waals surface area contributed by atoms with Gasteiger partial charge in [-0.3, -0.25) is 9.36 Å². The minimum Gasteiger partial charge on any atom is -0.326 e. The van der Waals surface area contributed by atoms with Crippen LogP contribution in [0, 0.1) is 23.5 Å². The molecular formula is C18H13F4N5OS. The van der Waals surface area contributed by atoms with E-state index in [2.05, 4.69) is 20.5 Å². The molecule has 11 heteroatoms. The minimum atomic E-state index is -1.74. The number of carbonyl (C=O) groups is 1. The summed E-state index contributed by atoms with van der Waals surface area (Å²) < 4.78 is 56.7. The van der Waals surface area contributed by atoms with Crippen LogP contribution >= 0.6 is 11.8 Å². The molecule has 0 spiro atoms. The lowest BCUT2D eigenvalue weighted by Gasteiger charge is -2.12. The van der Waals surface area contributed by atoms with Crippen LogP contribution in [0.25, 0.3) is 5.69 Å². The first-order valence-electron chi connectivity index (χ1n) is 8.56. The molecule has 0 atom stereocenters. The zero-order valence-corrected chi connectivity index (χ0v) is 15.7. The van der Waals surface area contributed by atoms with Gasteiger partial charge >= 0.3 is 0 Å². The van der Waals surface area contributed by atoms with Crippen molar-refractivity contribution in [1.29, 1.82) is 0 Å². The maximum absolute atomic E-state index is 14.1. The Labute approximate surface area is 166 Å². The van der Waals surface area contributed by atoms with Gasteiger partial charge in [0.25, 0.3) is 11.9 Å². The molecule has 2 heterocycles. The average molecular weight is 423 g/mol. The average Bonchev–Trinajstić information content (AvgIpc) is 3.43. The van der Waals surface area contributed by atoms with Gasteiger partial charge in [0.05, 0.1) is 10.6 Å². The fourth-order valence-electron chi connectivity index (χ4n) is 2.77. The van der Waals surface area contributed by atoms with Gasteiger partial charge in [-0.05, 0) is 42.8 Å². The molecule has 0 aliphatic heterocycles. The van der Waals surface area contributed by atoms with E-state index in [4.69, 9.17) is 0 Å². The first-order valence-corrected chi connectivity index (χ1v) is 9.38. The molecule has 1 aliphatic rings. The Hall–Kier alpha value is -2.95. The lowest BCUT2D eigenvalue weighted by Crippen LogP contribution is -2.08. The summed E-state index contributed by atoms with van der Waals surface area (Å²) in [5, 5.41) is 10.7.